The Balaban J connectivity index is -0.00000000800. The molecule has 0 aromatic carbocycles. The van der Waals surface area contributed by atoms with Crippen LogP contribution in [0.15, 0.2) is 0 Å². The molecule has 0 unspecified atom stereocenters. The van der Waals surface area contributed by atoms with Crippen molar-refractivity contribution >= 4 is 20.2 Å². The van der Waals surface area contributed by atoms with Gasteiger partial charge < -0.3 is 36.5 Å². The highest BCUT2D eigenvalue weighted by Crippen LogP contribution is 1.60. The maximum Gasteiger partial charge on any atom is -0.0484 e. The number of rotatable bonds is 0. The summed E-state index contributed by atoms with van der Waals surface area (Å²) >= 11 is 3.24. The predicted octanol–water partition coefficient (Wildman–Crippen LogP) is -5.13. The van der Waals surface area contributed by atoms with E-state index in [-0.39, 0.29) is 27.4 Å². The first-order valence-electron chi connectivity index (χ1n) is 0.667. The van der Waals surface area contributed by atoms with Gasteiger partial charge in [0.15, 0.2) is 0 Å². The molecule has 0 aliphatic heterocycles. The van der Waals surface area contributed by atoms with Crippen molar-refractivity contribution in [1.29, 1.82) is 0 Å². The van der Waals surface area contributed by atoms with Crippen LogP contribution in [0.1, 0.15) is 0 Å². The lowest BCUT2D eigenvalue weighted by atomic mass is 15.8. The van der Waals surface area contributed by atoms with Gasteiger partial charge in [-0.2, -0.15) is 0 Å². The zero-order chi connectivity index (χ0) is 4.50. The van der Waals surface area contributed by atoms with Crippen LogP contribution >= 0.6 is 0 Å². The van der Waals surface area contributed by atoms with Gasteiger partial charge >= 0.3 is 0 Å². The summed E-state index contributed by atoms with van der Waals surface area (Å²) in [6, 6.07) is 0. The molecule has 0 saturated heterocycles. The summed E-state index contributed by atoms with van der Waals surface area (Å²) in [5.74, 6) is 0. The van der Waals surface area contributed by atoms with Gasteiger partial charge in [0, 0.05) is 0 Å². The standard InChI is InChI=1S/H2O3S2.5H2O/c1-5(2,3)4;;;;;/h(H2,1,2,3,4);5*1H2/p-2. The summed E-state index contributed by atoms with van der Waals surface area (Å²) in [5.41, 5.74) is 0. The first-order chi connectivity index (χ1) is 2.00. The van der Waals surface area contributed by atoms with Gasteiger partial charge in [-0.15, -0.1) is 9.05 Å². The third-order valence-electron chi connectivity index (χ3n) is 0. The van der Waals surface area contributed by atoms with Gasteiger partial charge in [-0.05, 0) is 11.2 Å². The Kier molecular flexibility index (Phi) is 79.9. The third-order valence-corrected chi connectivity index (χ3v) is 0. The lowest BCUT2D eigenvalue weighted by Gasteiger charge is -2.12. The summed E-state index contributed by atoms with van der Waals surface area (Å²) in [6.07, 6.45) is 0. The lowest BCUT2D eigenvalue weighted by Crippen LogP contribution is -1.88. The molecule has 0 aromatic rings. The first-order valence-corrected chi connectivity index (χ1v) is 3.00. The molecule has 10 heteroatoms. The molecule has 0 aromatic heterocycles. The molecule has 0 aliphatic rings. The van der Waals surface area contributed by atoms with E-state index in [1.807, 2.05) is 0 Å². The second-order valence-electron chi connectivity index (χ2n) is 0.408. The Labute approximate surface area is 61.7 Å². The minimum absolute atomic E-state index is 0. The highest BCUT2D eigenvalue weighted by Gasteiger charge is 1.43. The maximum absolute atomic E-state index is 8.89. The minimum atomic E-state index is -4.33. The fourth-order valence-electron chi connectivity index (χ4n) is 0. The molecule has 0 saturated carbocycles. The predicted molar refractivity (Wildman–Crippen MR) is 35.1 cm³/mol. The Morgan fingerprint density at radius 2 is 0.900 bits per heavy atom. The largest absolute Gasteiger partial charge is 0.780 e. The van der Waals surface area contributed by atoms with E-state index in [0.717, 1.165) is 0 Å². The van der Waals surface area contributed by atoms with Crippen LogP contribution in [-0.2, 0) is 20.2 Å². The topological polar surface area (TPSA) is 221 Å². The van der Waals surface area contributed by atoms with Crippen LogP contribution in [0.2, 0.25) is 0 Å². The van der Waals surface area contributed by atoms with Crippen LogP contribution in [0.5, 0.6) is 0 Å². The van der Waals surface area contributed by atoms with Gasteiger partial charge in [0.1, 0.15) is 0 Å². The molecule has 0 atom stereocenters. The van der Waals surface area contributed by atoms with E-state index in [2.05, 4.69) is 11.2 Å². The van der Waals surface area contributed by atoms with Crippen molar-refractivity contribution in [3.8, 4) is 0 Å². The summed E-state index contributed by atoms with van der Waals surface area (Å²) < 4.78 is 26.7. The summed E-state index contributed by atoms with van der Waals surface area (Å²) in [7, 11) is -4.33. The van der Waals surface area contributed by atoms with Crippen molar-refractivity contribution in [1.82, 2.24) is 0 Å². The second kappa shape index (κ2) is 16.0. The molecule has 0 bridgehead atoms. The molecule has 0 spiro atoms. The third kappa shape index (κ3) is 50200. The minimum Gasteiger partial charge on any atom is -0.780 e. The van der Waals surface area contributed by atoms with E-state index in [4.69, 9.17) is 13.3 Å². The monoisotopic (exact) mass is 202 g/mol. The second-order valence-corrected chi connectivity index (χ2v) is 2.45. The van der Waals surface area contributed by atoms with E-state index in [1.54, 1.807) is 0 Å². The Morgan fingerprint density at radius 3 is 0.900 bits per heavy atom. The molecule has 10 N–H and O–H groups in total. The molecule has 0 radical (unpaired) electrons. The summed E-state index contributed by atoms with van der Waals surface area (Å²) in [5, 5.41) is 0. The van der Waals surface area contributed by atoms with E-state index in [0.29, 0.717) is 0 Å². The molecule has 8 nitrogen and oxygen atoms in total. The molecule has 72 valence electrons. The van der Waals surface area contributed by atoms with Gasteiger partial charge in [-0.25, -0.2) is 0 Å². The van der Waals surface area contributed by atoms with Crippen molar-refractivity contribution in [2.24, 2.45) is 0 Å². The average molecular weight is 202 g/mol. The highest BCUT2D eigenvalue weighted by molar-refractivity contribution is 8.26. The van der Waals surface area contributed by atoms with Crippen molar-refractivity contribution in [3.63, 3.8) is 0 Å². The quantitative estimate of drug-likeness (QED) is 0.375. The summed E-state index contributed by atoms with van der Waals surface area (Å²) in [6.45, 7) is 0. The SMILES string of the molecule is O.O.O.O.O.O=S([O-])([O-])=S. The van der Waals surface area contributed by atoms with Gasteiger partial charge in [0.05, 0.1) is 0 Å². The molecule has 0 aliphatic carbocycles. The van der Waals surface area contributed by atoms with Crippen LogP contribution in [0.4, 0.5) is 0 Å². The summed E-state index contributed by atoms with van der Waals surface area (Å²) in [4.78, 5) is 0. The van der Waals surface area contributed by atoms with E-state index < -0.39 is 9.05 Å². The van der Waals surface area contributed by atoms with Crippen LogP contribution in [0.25, 0.3) is 0 Å². The number of hydrogen-bond donors (Lipinski definition) is 0. The van der Waals surface area contributed by atoms with E-state index >= 15 is 0 Å². The number of hydrogen-bond acceptors (Lipinski definition) is 4. The Morgan fingerprint density at radius 1 is 0.900 bits per heavy atom. The van der Waals surface area contributed by atoms with Gasteiger partial charge in [0.25, 0.3) is 0 Å². The highest BCUT2D eigenvalue weighted by atomic mass is 32.9. The fraction of sp³-hybridized carbons (Fsp3) is 0. The molecule has 0 heterocycles. The lowest BCUT2D eigenvalue weighted by molar-refractivity contribution is 0.416. The smallest absolute Gasteiger partial charge is 0.0484 e. The molecule has 10 heavy (non-hydrogen) atoms. The van der Waals surface area contributed by atoms with Crippen LogP contribution in [0, 0.1) is 0 Å². The van der Waals surface area contributed by atoms with E-state index in [9.17, 15) is 0 Å². The Hall–Kier alpha value is 0.0900. The molecular formula is H10O8S2-2. The van der Waals surface area contributed by atoms with Crippen molar-refractivity contribution in [2.45, 2.75) is 0 Å². The van der Waals surface area contributed by atoms with Crippen LogP contribution in [0.3, 0.4) is 0 Å². The molecule has 0 fully saturated rings. The molecule has 0 rings (SSSR count). The van der Waals surface area contributed by atoms with Gasteiger partial charge in [-0.3, -0.25) is 4.21 Å². The zero-order valence-electron chi connectivity index (χ0n) is 4.54. The fourth-order valence-corrected chi connectivity index (χ4v) is 0. The maximum atomic E-state index is 8.89. The van der Waals surface area contributed by atoms with Gasteiger partial charge in [0.2, 0.25) is 0 Å². The normalized spacial score (nSPS) is 5.80. The van der Waals surface area contributed by atoms with Gasteiger partial charge in [-0.1, -0.05) is 0 Å². The average Bonchev–Trinajstić information content (AvgIpc) is 0.722. The first kappa shape index (κ1) is 49.8. The molecular weight excluding hydrogens is 192 g/mol. The Bertz CT molecular complexity index is 90.4. The van der Waals surface area contributed by atoms with Crippen molar-refractivity contribution in [3.05, 3.63) is 0 Å². The van der Waals surface area contributed by atoms with Crippen molar-refractivity contribution < 1.29 is 40.7 Å². The van der Waals surface area contributed by atoms with E-state index in [1.165, 1.54) is 0 Å². The van der Waals surface area contributed by atoms with Crippen LogP contribution < -0.4 is 0 Å². The zero-order valence-corrected chi connectivity index (χ0v) is 6.17. The van der Waals surface area contributed by atoms with Crippen LogP contribution in [-0.4, -0.2) is 40.7 Å². The van der Waals surface area contributed by atoms with Crippen molar-refractivity contribution in [2.75, 3.05) is 0 Å². The molecule has 0 amide bonds.